The molecule has 0 saturated carbocycles. The Hall–Kier alpha value is -1.27. The van der Waals surface area contributed by atoms with Crippen LogP contribution in [0.25, 0.3) is 0 Å². The summed E-state index contributed by atoms with van der Waals surface area (Å²) < 4.78 is 16.7. The topological polar surface area (TPSA) is 42.7 Å². The van der Waals surface area contributed by atoms with Crippen LogP contribution in [0.3, 0.4) is 0 Å². The minimum atomic E-state index is -0.227. The molecule has 0 amide bonds. The normalized spacial score (nSPS) is 12.9. The molecule has 108 valence electrons. The zero-order valence-corrected chi connectivity index (χ0v) is 13.4. The summed E-state index contributed by atoms with van der Waals surface area (Å²) in [6.07, 6.45) is 2.12. The third kappa shape index (κ3) is 3.07. The molecule has 0 aliphatic heterocycles. The van der Waals surface area contributed by atoms with Gasteiger partial charge in [-0.15, -0.1) is 0 Å². The maximum absolute atomic E-state index is 14.1. The van der Waals surface area contributed by atoms with Gasteiger partial charge in [0.05, 0.1) is 0 Å². The molecule has 0 spiro atoms. The first kappa shape index (κ1) is 15.1. The van der Waals surface area contributed by atoms with Gasteiger partial charge >= 0.3 is 0 Å². The molecule has 6 heteroatoms. The average molecular weight is 341 g/mol. The maximum atomic E-state index is 14.1. The van der Waals surface area contributed by atoms with E-state index >= 15 is 0 Å². The van der Waals surface area contributed by atoms with E-state index in [1.807, 2.05) is 31.6 Å². The lowest BCUT2D eigenvalue weighted by molar-refractivity contribution is 0.467. The highest BCUT2D eigenvalue weighted by molar-refractivity contribution is 9.10. The molecule has 0 radical (unpaired) electrons. The fraction of sp³-hybridized carbons (Fsp3) is 0.429. The second-order valence-electron chi connectivity index (χ2n) is 4.90. The average Bonchev–Trinajstić information content (AvgIpc) is 2.85. The van der Waals surface area contributed by atoms with Crippen molar-refractivity contribution in [3.8, 4) is 0 Å². The Labute approximate surface area is 126 Å². The Bertz CT molecular complexity index is 562. The summed E-state index contributed by atoms with van der Waals surface area (Å²) in [6, 6.07) is 5.07. The summed E-state index contributed by atoms with van der Waals surface area (Å²) in [6.45, 7) is 4.09. The highest BCUT2D eigenvalue weighted by Crippen LogP contribution is 2.28. The van der Waals surface area contributed by atoms with E-state index < -0.39 is 0 Å². The molecule has 1 heterocycles. The molecular formula is C14H18BrFN4. The summed E-state index contributed by atoms with van der Waals surface area (Å²) in [4.78, 5) is 4.28. The molecule has 0 saturated heterocycles. The van der Waals surface area contributed by atoms with Gasteiger partial charge in [-0.05, 0) is 33.0 Å². The Morgan fingerprint density at radius 1 is 1.40 bits per heavy atom. The van der Waals surface area contributed by atoms with Gasteiger partial charge in [-0.25, -0.2) is 14.1 Å². The number of aromatic nitrogens is 3. The molecule has 2 aromatic rings. The van der Waals surface area contributed by atoms with Crippen LogP contribution in [0.15, 0.2) is 29.0 Å². The second kappa shape index (κ2) is 6.45. The molecule has 1 N–H and O–H groups in total. The van der Waals surface area contributed by atoms with E-state index in [9.17, 15) is 4.39 Å². The SMILES string of the molecule is CNC(Cc1ncnn1C(C)C)c1c(F)cccc1Br. The first-order chi connectivity index (χ1) is 9.54. The molecule has 20 heavy (non-hydrogen) atoms. The third-order valence-corrected chi connectivity index (χ3v) is 3.91. The predicted molar refractivity (Wildman–Crippen MR) is 80.0 cm³/mol. The maximum Gasteiger partial charge on any atom is 0.138 e. The molecule has 0 aliphatic rings. The van der Waals surface area contributed by atoms with Crippen molar-refractivity contribution >= 4 is 15.9 Å². The smallest absolute Gasteiger partial charge is 0.138 e. The lowest BCUT2D eigenvalue weighted by atomic mass is 10.0. The van der Waals surface area contributed by atoms with E-state index in [4.69, 9.17) is 0 Å². The van der Waals surface area contributed by atoms with E-state index in [0.29, 0.717) is 12.0 Å². The van der Waals surface area contributed by atoms with Crippen molar-refractivity contribution in [1.82, 2.24) is 20.1 Å². The van der Waals surface area contributed by atoms with Gasteiger partial charge in [0.15, 0.2) is 0 Å². The van der Waals surface area contributed by atoms with Crippen molar-refractivity contribution in [3.05, 3.63) is 46.2 Å². The Balaban J connectivity index is 2.32. The monoisotopic (exact) mass is 340 g/mol. The predicted octanol–water partition coefficient (Wildman–Crippen LogP) is 3.26. The van der Waals surface area contributed by atoms with E-state index in [1.165, 1.54) is 6.07 Å². The minimum Gasteiger partial charge on any atom is -0.312 e. The summed E-state index contributed by atoms with van der Waals surface area (Å²) in [7, 11) is 1.82. The molecule has 0 bridgehead atoms. The van der Waals surface area contributed by atoms with Crippen LogP contribution < -0.4 is 5.32 Å². The number of nitrogens with zero attached hydrogens (tertiary/aromatic N) is 3. The van der Waals surface area contributed by atoms with Gasteiger partial charge in [0, 0.05) is 28.5 Å². The van der Waals surface area contributed by atoms with Crippen molar-refractivity contribution < 1.29 is 4.39 Å². The third-order valence-electron chi connectivity index (χ3n) is 3.22. The van der Waals surface area contributed by atoms with Crippen LogP contribution in [0.4, 0.5) is 4.39 Å². The van der Waals surface area contributed by atoms with Crippen LogP contribution in [-0.4, -0.2) is 21.8 Å². The van der Waals surface area contributed by atoms with Gasteiger partial charge < -0.3 is 5.32 Å². The lowest BCUT2D eigenvalue weighted by Crippen LogP contribution is -2.23. The van der Waals surface area contributed by atoms with E-state index in [1.54, 1.807) is 12.4 Å². The standard InChI is InChI=1S/C14H18BrFN4/c1-9(2)20-13(18-8-19-20)7-12(17-3)14-10(15)5-4-6-11(14)16/h4-6,8-9,12,17H,7H2,1-3H3. The van der Waals surface area contributed by atoms with E-state index in [0.717, 1.165) is 10.3 Å². The van der Waals surface area contributed by atoms with Crippen molar-refractivity contribution in [2.24, 2.45) is 0 Å². The summed E-state index contributed by atoms with van der Waals surface area (Å²) in [5.74, 6) is 0.615. The second-order valence-corrected chi connectivity index (χ2v) is 5.75. The zero-order chi connectivity index (χ0) is 14.7. The first-order valence-electron chi connectivity index (χ1n) is 6.54. The molecule has 1 atom stereocenters. The largest absolute Gasteiger partial charge is 0.312 e. The molecule has 1 unspecified atom stereocenters. The lowest BCUT2D eigenvalue weighted by Gasteiger charge is -2.19. The van der Waals surface area contributed by atoms with Crippen LogP contribution >= 0.6 is 15.9 Å². The van der Waals surface area contributed by atoms with Gasteiger partial charge in [0.25, 0.3) is 0 Å². The molecule has 0 fully saturated rings. The van der Waals surface area contributed by atoms with Gasteiger partial charge in [0.2, 0.25) is 0 Å². The van der Waals surface area contributed by atoms with Gasteiger partial charge in [-0.3, -0.25) is 0 Å². The van der Waals surface area contributed by atoms with Gasteiger partial charge in [0.1, 0.15) is 18.0 Å². The first-order valence-corrected chi connectivity index (χ1v) is 7.33. The number of rotatable bonds is 5. The van der Waals surface area contributed by atoms with Crippen molar-refractivity contribution in [2.75, 3.05) is 7.05 Å². The Morgan fingerprint density at radius 2 is 2.15 bits per heavy atom. The summed E-state index contributed by atoms with van der Waals surface area (Å²) >= 11 is 3.42. The van der Waals surface area contributed by atoms with Crippen LogP contribution in [-0.2, 0) is 6.42 Å². The molecular weight excluding hydrogens is 323 g/mol. The molecule has 0 aliphatic carbocycles. The molecule has 2 rings (SSSR count). The van der Waals surface area contributed by atoms with Crippen LogP contribution in [0.1, 0.15) is 37.3 Å². The van der Waals surface area contributed by atoms with Gasteiger partial charge in [-0.1, -0.05) is 22.0 Å². The zero-order valence-electron chi connectivity index (χ0n) is 11.8. The summed E-state index contributed by atoms with van der Waals surface area (Å²) in [5, 5.41) is 7.37. The minimum absolute atomic E-state index is 0.160. The van der Waals surface area contributed by atoms with E-state index in [-0.39, 0.29) is 17.9 Å². The van der Waals surface area contributed by atoms with Crippen molar-refractivity contribution in [2.45, 2.75) is 32.4 Å². The summed E-state index contributed by atoms with van der Waals surface area (Å²) in [5.41, 5.74) is 0.619. The number of nitrogens with one attached hydrogen (secondary N) is 1. The molecule has 1 aromatic heterocycles. The Kier molecular flexibility index (Phi) is 4.88. The Morgan fingerprint density at radius 3 is 2.75 bits per heavy atom. The van der Waals surface area contributed by atoms with E-state index in [2.05, 4.69) is 31.3 Å². The number of halogens is 2. The number of likely N-dealkylation sites (N-methyl/N-ethyl adjacent to an activating group) is 1. The number of hydrogen-bond donors (Lipinski definition) is 1. The highest BCUT2D eigenvalue weighted by atomic mass is 79.9. The van der Waals surface area contributed by atoms with Crippen LogP contribution in [0, 0.1) is 5.82 Å². The van der Waals surface area contributed by atoms with Crippen molar-refractivity contribution in [1.29, 1.82) is 0 Å². The fourth-order valence-corrected chi connectivity index (χ4v) is 2.84. The quantitative estimate of drug-likeness (QED) is 0.908. The fourth-order valence-electron chi connectivity index (χ4n) is 2.23. The highest BCUT2D eigenvalue weighted by Gasteiger charge is 2.20. The van der Waals surface area contributed by atoms with Crippen molar-refractivity contribution in [3.63, 3.8) is 0 Å². The number of benzene rings is 1. The van der Waals surface area contributed by atoms with Crippen LogP contribution in [0.5, 0.6) is 0 Å². The van der Waals surface area contributed by atoms with Crippen LogP contribution in [0.2, 0.25) is 0 Å². The number of hydrogen-bond acceptors (Lipinski definition) is 3. The molecule has 4 nitrogen and oxygen atoms in total. The van der Waals surface area contributed by atoms with Gasteiger partial charge in [-0.2, -0.15) is 5.10 Å². The molecule has 1 aromatic carbocycles.